The molecule has 162 valence electrons. The Hall–Kier alpha value is -3.07. The molecule has 0 aliphatic heterocycles. The van der Waals surface area contributed by atoms with Crippen LogP contribution in [0.1, 0.15) is 50.3 Å². The van der Waals surface area contributed by atoms with Crippen LogP contribution < -0.4 is 0 Å². The van der Waals surface area contributed by atoms with E-state index in [9.17, 15) is 5.26 Å². The Bertz CT molecular complexity index is 1310. The van der Waals surface area contributed by atoms with Crippen molar-refractivity contribution in [2.24, 2.45) is 0 Å². The summed E-state index contributed by atoms with van der Waals surface area (Å²) in [5.74, 6) is 0. The van der Waals surface area contributed by atoms with Crippen molar-refractivity contribution in [2.45, 2.75) is 39.2 Å². The number of fused-ring (bicyclic) bond motifs is 1. The number of H-pyrrole nitrogens is 1. The number of allylic oxidation sites excluding steroid dienone is 1. The fourth-order valence-electron chi connectivity index (χ4n) is 3.92. The predicted molar refractivity (Wildman–Crippen MR) is 131 cm³/mol. The van der Waals surface area contributed by atoms with Gasteiger partial charge in [-0.3, -0.25) is 4.68 Å². The number of pyridine rings is 1. The van der Waals surface area contributed by atoms with E-state index in [2.05, 4.69) is 47.2 Å². The molecule has 0 bridgehead atoms. The van der Waals surface area contributed by atoms with Crippen molar-refractivity contribution in [2.75, 3.05) is 0 Å². The first kappa shape index (κ1) is 22.1. The van der Waals surface area contributed by atoms with Gasteiger partial charge in [-0.1, -0.05) is 49.5 Å². The molecule has 3 aromatic heterocycles. The number of nitrogens with one attached hydrogen (secondary N) is 1. The van der Waals surface area contributed by atoms with Gasteiger partial charge in [-0.2, -0.15) is 10.4 Å². The molecule has 3 heterocycles. The molecule has 0 aliphatic rings. The Kier molecular flexibility index (Phi) is 6.64. The van der Waals surface area contributed by atoms with E-state index in [4.69, 9.17) is 23.2 Å². The largest absolute Gasteiger partial charge is 0.346 e. The van der Waals surface area contributed by atoms with Gasteiger partial charge in [0.05, 0.1) is 33.9 Å². The average molecular weight is 464 g/mol. The second kappa shape index (κ2) is 9.60. The van der Waals surface area contributed by atoms with Gasteiger partial charge < -0.3 is 4.98 Å². The summed E-state index contributed by atoms with van der Waals surface area (Å²) in [6.45, 7) is 4.38. The van der Waals surface area contributed by atoms with E-state index in [0.29, 0.717) is 27.2 Å². The molecule has 0 aliphatic carbocycles. The molecule has 0 radical (unpaired) electrons. The van der Waals surface area contributed by atoms with E-state index in [-0.39, 0.29) is 0 Å². The van der Waals surface area contributed by atoms with E-state index in [0.717, 1.165) is 47.0 Å². The summed E-state index contributed by atoms with van der Waals surface area (Å²) in [6, 6.07) is 9.90. The summed E-state index contributed by atoms with van der Waals surface area (Å²) in [4.78, 5) is 7.75. The Balaban J connectivity index is 1.75. The quantitative estimate of drug-likeness (QED) is 0.287. The first-order valence-corrected chi connectivity index (χ1v) is 11.4. The summed E-state index contributed by atoms with van der Waals surface area (Å²) in [5, 5.41) is 16.2. The molecule has 1 atom stereocenters. The molecule has 0 saturated carbocycles. The first-order valence-electron chi connectivity index (χ1n) is 10.6. The van der Waals surface area contributed by atoms with Gasteiger partial charge in [0.1, 0.15) is 5.65 Å². The van der Waals surface area contributed by atoms with Crippen molar-refractivity contribution in [3.63, 3.8) is 0 Å². The van der Waals surface area contributed by atoms with Gasteiger partial charge in [-0.25, -0.2) is 4.98 Å². The van der Waals surface area contributed by atoms with E-state index in [1.807, 2.05) is 23.3 Å². The first-order chi connectivity index (χ1) is 15.5. The second-order valence-electron chi connectivity index (χ2n) is 7.69. The lowest BCUT2D eigenvalue weighted by Gasteiger charge is -2.13. The molecule has 1 N–H and O–H groups in total. The number of halogens is 2. The van der Waals surface area contributed by atoms with Crippen molar-refractivity contribution in [1.82, 2.24) is 19.7 Å². The third-order valence-electron chi connectivity index (χ3n) is 5.62. The molecule has 4 rings (SSSR count). The lowest BCUT2D eigenvalue weighted by Crippen LogP contribution is -2.07. The monoisotopic (exact) mass is 463 g/mol. The number of hydrogen-bond acceptors (Lipinski definition) is 3. The Labute approximate surface area is 197 Å². The van der Waals surface area contributed by atoms with Crippen molar-refractivity contribution in [3.05, 3.63) is 70.2 Å². The number of rotatable bonds is 7. The van der Waals surface area contributed by atoms with Crippen LogP contribution in [0, 0.1) is 11.3 Å². The number of nitriles is 1. The molecule has 5 nitrogen and oxygen atoms in total. The minimum atomic E-state index is 0.394. The summed E-state index contributed by atoms with van der Waals surface area (Å²) in [6.07, 6.45) is 12.7. The zero-order valence-electron chi connectivity index (χ0n) is 17.9. The Morgan fingerprint density at radius 2 is 2.00 bits per heavy atom. The van der Waals surface area contributed by atoms with Crippen LogP contribution in [0.2, 0.25) is 10.0 Å². The number of benzene rings is 1. The molecule has 1 aromatic carbocycles. The molecule has 7 heteroatoms. The van der Waals surface area contributed by atoms with Crippen molar-refractivity contribution < 1.29 is 0 Å². The van der Waals surface area contributed by atoms with Crippen molar-refractivity contribution in [1.29, 1.82) is 5.26 Å². The standard InChI is InChI=1S/C25H23Cl2N5/c1-3-6-20(4-2)32-15-19(14-31-32)17-10-21-18(13-30-25(21)29-12-17)9-16(11-28)24-22(26)7-5-8-23(24)27/h5,7-10,12-15,20H,3-4,6H2,1-2H3,(H,29,30). The van der Waals surface area contributed by atoms with E-state index < -0.39 is 0 Å². The maximum Gasteiger partial charge on any atom is 0.137 e. The maximum atomic E-state index is 9.78. The third kappa shape index (κ3) is 4.29. The third-order valence-corrected chi connectivity index (χ3v) is 6.25. The number of hydrogen-bond donors (Lipinski definition) is 1. The molecular weight excluding hydrogens is 441 g/mol. The van der Waals surface area contributed by atoms with Crippen LogP contribution in [-0.4, -0.2) is 19.7 Å². The number of aromatic nitrogens is 4. The molecule has 0 spiro atoms. The average Bonchev–Trinajstić information content (AvgIpc) is 3.43. The molecule has 0 fully saturated rings. The lowest BCUT2D eigenvalue weighted by atomic mass is 10.0. The summed E-state index contributed by atoms with van der Waals surface area (Å²) in [5.41, 5.74) is 4.49. The molecule has 4 aromatic rings. The van der Waals surface area contributed by atoms with Crippen LogP contribution in [0.3, 0.4) is 0 Å². The van der Waals surface area contributed by atoms with Gasteiger partial charge in [0.2, 0.25) is 0 Å². The van der Waals surface area contributed by atoms with E-state index in [1.165, 1.54) is 0 Å². The summed E-state index contributed by atoms with van der Waals surface area (Å²) in [7, 11) is 0. The van der Waals surface area contributed by atoms with Gasteiger partial charge in [-0.05, 0) is 37.1 Å². The minimum absolute atomic E-state index is 0.394. The highest BCUT2D eigenvalue weighted by molar-refractivity contribution is 6.38. The van der Waals surface area contributed by atoms with Gasteiger partial charge in [0.15, 0.2) is 0 Å². The second-order valence-corrected chi connectivity index (χ2v) is 8.50. The van der Waals surface area contributed by atoms with Crippen molar-refractivity contribution >= 4 is 45.9 Å². The molecule has 32 heavy (non-hydrogen) atoms. The van der Waals surface area contributed by atoms with Gasteiger partial charge in [-0.15, -0.1) is 0 Å². The Morgan fingerprint density at radius 3 is 2.69 bits per heavy atom. The fourth-order valence-corrected chi connectivity index (χ4v) is 4.52. The smallest absolute Gasteiger partial charge is 0.137 e. The Morgan fingerprint density at radius 1 is 1.22 bits per heavy atom. The van der Waals surface area contributed by atoms with Gasteiger partial charge in [0.25, 0.3) is 0 Å². The molecule has 1 unspecified atom stereocenters. The highest BCUT2D eigenvalue weighted by atomic mass is 35.5. The minimum Gasteiger partial charge on any atom is -0.346 e. The van der Waals surface area contributed by atoms with Crippen LogP contribution in [0.15, 0.2) is 49.1 Å². The molecular formula is C25H23Cl2N5. The maximum absolute atomic E-state index is 9.78. The summed E-state index contributed by atoms with van der Waals surface area (Å²) >= 11 is 12.6. The SMILES string of the molecule is CCCC(CC)n1cc(-c2cnc3[nH]cc(C=C(C#N)c4c(Cl)cccc4Cl)c3c2)cn1. The van der Waals surface area contributed by atoms with Crippen LogP contribution in [-0.2, 0) is 0 Å². The van der Waals surface area contributed by atoms with Gasteiger partial charge in [0, 0.05) is 46.2 Å². The van der Waals surface area contributed by atoms with Crippen molar-refractivity contribution in [3.8, 4) is 17.2 Å². The molecule has 0 amide bonds. The highest BCUT2D eigenvalue weighted by Crippen LogP contribution is 2.33. The highest BCUT2D eigenvalue weighted by Gasteiger charge is 2.14. The topological polar surface area (TPSA) is 70.3 Å². The van der Waals surface area contributed by atoms with Gasteiger partial charge >= 0.3 is 0 Å². The zero-order valence-corrected chi connectivity index (χ0v) is 19.5. The van der Waals surface area contributed by atoms with E-state index in [1.54, 1.807) is 24.3 Å². The normalized spacial score (nSPS) is 12.8. The van der Waals surface area contributed by atoms with Crippen LogP contribution in [0.5, 0.6) is 0 Å². The fraction of sp³-hybridized carbons (Fsp3) is 0.240. The number of nitrogens with zero attached hydrogens (tertiary/aromatic N) is 4. The number of aromatic amines is 1. The van der Waals surface area contributed by atoms with E-state index >= 15 is 0 Å². The van der Waals surface area contributed by atoms with Crippen LogP contribution in [0.25, 0.3) is 33.8 Å². The lowest BCUT2D eigenvalue weighted by molar-refractivity contribution is 0.409. The zero-order chi connectivity index (χ0) is 22.7. The van der Waals surface area contributed by atoms with Crippen LogP contribution >= 0.6 is 23.2 Å². The molecule has 0 saturated heterocycles. The summed E-state index contributed by atoms with van der Waals surface area (Å²) < 4.78 is 2.05. The van der Waals surface area contributed by atoms with Crippen LogP contribution in [0.4, 0.5) is 0 Å². The predicted octanol–water partition coefficient (Wildman–Crippen LogP) is 7.55.